The van der Waals surface area contributed by atoms with Crippen LogP contribution >= 0.6 is 11.6 Å². The first-order chi connectivity index (χ1) is 12.6. The minimum Gasteiger partial charge on any atom is -0.392 e. The van der Waals surface area contributed by atoms with Crippen LogP contribution in [0.25, 0.3) is 0 Å². The normalized spacial score (nSPS) is 27.7. The first kappa shape index (κ1) is 17.8. The van der Waals surface area contributed by atoms with Gasteiger partial charge in [-0.1, -0.05) is 23.7 Å². The zero-order valence-corrected chi connectivity index (χ0v) is 15.6. The fourth-order valence-corrected chi connectivity index (χ4v) is 4.57. The Hall–Kier alpha value is -1.63. The molecular formula is C19H26ClN5O. The van der Waals surface area contributed by atoms with Gasteiger partial charge in [-0.15, -0.1) is 10.2 Å². The highest BCUT2D eigenvalue weighted by Gasteiger charge is 2.37. The highest BCUT2D eigenvalue weighted by Crippen LogP contribution is 2.29. The molecular weight excluding hydrogens is 350 g/mol. The van der Waals surface area contributed by atoms with E-state index < -0.39 is 0 Å². The van der Waals surface area contributed by atoms with Crippen LogP contribution in [-0.4, -0.2) is 64.4 Å². The van der Waals surface area contributed by atoms with Gasteiger partial charge in [0.25, 0.3) is 0 Å². The smallest absolute Gasteiger partial charge is 0.135 e. The number of hydrogen-bond acceptors (Lipinski definition) is 6. The number of halogens is 1. The second kappa shape index (κ2) is 7.55. The van der Waals surface area contributed by atoms with Gasteiger partial charge in [0.15, 0.2) is 0 Å². The quantitative estimate of drug-likeness (QED) is 0.845. The summed E-state index contributed by atoms with van der Waals surface area (Å²) in [6, 6.07) is 8.99. The maximum absolute atomic E-state index is 10.3. The Morgan fingerprint density at radius 1 is 1.15 bits per heavy atom. The van der Waals surface area contributed by atoms with Gasteiger partial charge in [0.05, 0.1) is 12.5 Å². The molecule has 3 aliphatic heterocycles. The van der Waals surface area contributed by atoms with Gasteiger partial charge in [-0.2, -0.15) is 0 Å². The molecule has 0 unspecified atom stereocenters. The van der Waals surface area contributed by atoms with Gasteiger partial charge < -0.3 is 15.7 Å². The Labute approximate surface area is 159 Å². The molecule has 3 N–H and O–H groups in total. The van der Waals surface area contributed by atoms with Gasteiger partial charge >= 0.3 is 0 Å². The van der Waals surface area contributed by atoms with Gasteiger partial charge in [-0.25, -0.2) is 0 Å². The molecule has 6 nitrogen and oxygen atoms in total. The van der Waals surface area contributed by atoms with Crippen LogP contribution in [0.5, 0.6) is 0 Å². The van der Waals surface area contributed by atoms with E-state index in [4.69, 9.17) is 17.3 Å². The van der Waals surface area contributed by atoms with Crippen LogP contribution in [0.2, 0.25) is 5.02 Å². The van der Waals surface area contributed by atoms with Crippen molar-refractivity contribution in [1.29, 1.82) is 0 Å². The van der Waals surface area contributed by atoms with E-state index in [0.29, 0.717) is 24.3 Å². The Morgan fingerprint density at radius 3 is 2.54 bits per heavy atom. The number of piperidine rings is 1. The molecule has 0 spiro atoms. The van der Waals surface area contributed by atoms with E-state index in [2.05, 4.69) is 32.1 Å². The van der Waals surface area contributed by atoms with E-state index in [1.54, 1.807) is 0 Å². The van der Waals surface area contributed by atoms with E-state index in [1.165, 1.54) is 5.56 Å². The minimum atomic E-state index is -0.224. The fraction of sp³-hybridized carbons (Fsp3) is 0.579. The third kappa shape index (κ3) is 3.87. The van der Waals surface area contributed by atoms with Crippen molar-refractivity contribution < 1.29 is 5.11 Å². The number of β-amino-alcohol motifs (C(OH)–C–C–N with tert-alkyl or cyclic N) is 1. The molecule has 7 heteroatoms. The molecule has 2 saturated heterocycles. The summed E-state index contributed by atoms with van der Waals surface area (Å²) in [5.41, 5.74) is 7.02. The van der Waals surface area contributed by atoms with E-state index in [1.807, 2.05) is 12.1 Å². The fourth-order valence-electron chi connectivity index (χ4n) is 4.44. The predicted octanol–water partition coefficient (Wildman–Crippen LogP) is 1.86. The van der Waals surface area contributed by atoms with Crippen molar-refractivity contribution in [3.05, 3.63) is 34.9 Å². The number of hydrogen-bond donors (Lipinski definition) is 2. The average Bonchev–Trinajstić information content (AvgIpc) is 3.23. The highest BCUT2D eigenvalue weighted by atomic mass is 35.5. The standard InChI is InChI=1S/C19H26ClN5O/c20-14-3-1-13(2-4-14)9-16-10-17(26)12-25(16)15-5-7-24(8-6-15)19-11-18(21)22-23-19/h1-4,15-17,26H,5-12H2,(H2,21,22)/t16-,17+/m0/s1. The second-order valence-corrected chi connectivity index (χ2v) is 8.01. The highest BCUT2D eigenvalue weighted by molar-refractivity contribution is 6.30. The molecule has 2 atom stereocenters. The number of amidine groups is 2. The van der Waals surface area contributed by atoms with Crippen LogP contribution in [-0.2, 0) is 6.42 Å². The van der Waals surface area contributed by atoms with Crippen LogP contribution in [0.1, 0.15) is 31.2 Å². The summed E-state index contributed by atoms with van der Waals surface area (Å²) in [6.07, 6.45) is 4.43. The lowest BCUT2D eigenvalue weighted by molar-refractivity contribution is 0.109. The zero-order chi connectivity index (χ0) is 18.1. The van der Waals surface area contributed by atoms with Crippen molar-refractivity contribution in [1.82, 2.24) is 9.80 Å². The van der Waals surface area contributed by atoms with Gasteiger partial charge in [-0.3, -0.25) is 4.90 Å². The minimum absolute atomic E-state index is 0.224. The van der Waals surface area contributed by atoms with Crippen molar-refractivity contribution in [2.45, 2.75) is 50.3 Å². The molecule has 0 aromatic heterocycles. The predicted molar refractivity (Wildman–Crippen MR) is 105 cm³/mol. The molecule has 0 bridgehead atoms. The van der Waals surface area contributed by atoms with Crippen molar-refractivity contribution in [2.75, 3.05) is 19.6 Å². The molecule has 3 heterocycles. The molecule has 2 fully saturated rings. The summed E-state index contributed by atoms with van der Waals surface area (Å²) >= 11 is 6.00. The topological polar surface area (TPSA) is 77.5 Å². The number of aliphatic hydroxyl groups excluding tert-OH is 1. The van der Waals surface area contributed by atoms with Gasteiger partial charge in [0, 0.05) is 36.7 Å². The van der Waals surface area contributed by atoms with E-state index >= 15 is 0 Å². The lowest BCUT2D eigenvalue weighted by atomic mass is 9.98. The summed E-state index contributed by atoms with van der Waals surface area (Å²) in [7, 11) is 0. The molecule has 26 heavy (non-hydrogen) atoms. The van der Waals surface area contributed by atoms with Crippen molar-refractivity contribution in [3.8, 4) is 0 Å². The van der Waals surface area contributed by atoms with Crippen LogP contribution in [0.4, 0.5) is 0 Å². The number of nitrogens with two attached hydrogens (primary N) is 1. The molecule has 4 rings (SSSR count). The second-order valence-electron chi connectivity index (χ2n) is 7.57. The Bertz CT molecular complexity index is 696. The lowest BCUT2D eigenvalue weighted by Gasteiger charge is -2.40. The molecule has 0 saturated carbocycles. The van der Waals surface area contributed by atoms with Crippen LogP contribution in [0.3, 0.4) is 0 Å². The number of aliphatic hydroxyl groups is 1. The van der Waals surface area contributed by atoms with Crippen LogP contribution < -0.4 is 5.73 Å². The average molecular weight is 376 g/mol. The summed E-state index contributed by atoms with van der Waals surface area (Å²) in [6.45, 7) is 2.74. The van der Waals surface area contributed by atoms with E-state index in [0.717, 1.165) is 56.2 Å². The number of nitrogens with zero attached hydrogens (tertiary/aromatic N) is 4. The molecule has 1 aromatic carbocycles. The number of rotatable bonds is 3. The SMILES string of the molecule is NC1=NN=C(N2CCC(N3C[C@H](O)C[C@@H]3Cc3ccc(Cl)cc3)CC2)C1. The third-order valence-electron chi connectivity index (χ3n) is 5.75. The summed E-state index contributed by atoms with van der Waals surface area (Å²) in [4.78, 5) is 4.83. The Balaban J connectivity index is 1.36. The van der Waals surface area contributed by atoms with Gasteiger partial charge in [0.1, 0.15) is 11.7 Å². The van der Waals surface area contributed by atoms with E-state index in [9.17, 15) is 5.11 Å². The molecule has 3 aliphatic rings. The largest absolute Gasteiger partial charge is 0.392 e. The monoisotopic (exact) mass is 375 g/mol. The molecule has 0 amide bonds. The number of benzene rings is 1. The van der Waals surface area contributed by atoms with Crippen LogP contribution in [0, 0.1) is 0 Å². The van der Waals surface area contributed by atoms with Crippen molar-refractivity contribution in [2.24, 2.45) is 15.9 Å². The Morgan fingerprint density at radius 2 is 1.88 bits per heavy atom. The maximum Gasteiger partial charge on any atom is 0.135 e. The maximum atomic E-state index is 10.3. The summed E-state index contributed by atoms with van der Waals surface area (Å²) < 4.78 is 0. The van der Waals surface area contributed by atoms with E-state index in [-0.39, 0.29) is 6.10 Å². The van der Waals surface area contributed by atoms with Gasteiger partial charge in [0.2, 0.25) is 0 Å². The summed E-state index contributed by atoms with van der Waals surface area (Å²) in [5.74, 6) is 1.60. The molecule has 0 aliphatic carbocycles. The first-order valence-electron chi connectivity index (χ1n) is 9.40. The number of likely N-dealkylation sites (tertiary alicyclic amines) is 2. The Kier molecular flexibility index (Phi) is 5.16. The first-order valence-corrected chi connectivity index (χ1v) is 9.78. The summed E-state index contributed by atoms with van der Waals surface area (Å²) in [5, 5.41) is 19.2. The van der Waals surface area contributed by atoms with Crippen LogP contribution in [0.15, 0.2) is 34.5 Å². The lowest BCUT2D eigenvalue weighted by Crippen LogP contribution is -2.49. The molecule has 0 radical (unpaired) electrons. The van der Waals surface area contributed by atoms with Gasteiger partial charge in [-0.05, 0) is 43.4 Å². The third-order valence-corrected chi connectivity index (χ3v) is 6.00. The van der Waals surface area contributed by atoms with Crippen molar-refractivity contribution in [3.63, 3.8) is 0 Å². The molecule has 1 aromatic rings. The molecule has 140 valence electrons. The van der Waals surface area contributed by atoms with Crippen molar-refractivity contribution >= 4 is 23.3 Å². The zero-order valence-electron chi connectivity index (χ0n) is 14.9.